The van der Waals surface area contributed by atoms with Gasteiger partial charge in [0.05, 0.1) is 0 Å². The van der Waals surface area contributed by atoms with E-state index in [1.165, 1.54) is 19.3 Å². The zero-order valence-corrected chi connectivity index (χ0v) is 11.8. The first-order chi connectivity index (χ1) is 8.58. The van der Waals surface area contributed by atoms with E-state index < -0.39 is 0 Å². The predicted molar refractivity (Wildman–Crippen MR) is 73.2 cm³/mol. The first-order valence-electron chi connectivity index (χ1n) is 6.18. The van der Waals surface area contributed by atoms with Crippen molar-refractivity contribution in [2.75, 3.05) is 7.05 Å². The number of rotatable bonds is 2. The van der Waals surface area contributed by atoms with Crippen molar-refractivity contribution in [3.05, 3.63) is 28.0 Å². The molecule has 0 unspecified atom stereocenters. The van der Waals surface area contributed by atoms with Gasteiger partial charge < -0.3 is 4.90 Å². The topological polar surface area (TPSA) is 33.2 Å². The molecule has 1 heterocycles. The highest BCUT2D eigenvalue weighted by atomic mass is 35.5. The summed E-state index contributed by atoms with van der Waals surface area (Å²) < 4.78 is 0. The van der Waals surface area contributed by atoms with Crippen molar-refractivity contribution in [2.45, 2.75) is 38.1 Å². The van der Waals surface area contributed by atoms with E-state index in [1.54, 1.807) is 17.0 Å². The third-order valence-electron chi connectivity index (χ3n) is 3.45. The van der Waals surface area contributed by atoms with Crippen LogP contribution >= 0.6 is 23.2 Å². The Labute approximate surface area is 117 Å². The van der Waals surface area contributed by atoms with Crippen molar-refractivity contribution in [1.82, 2.24) is 9.88 Å². The number of pyridine rings is 1. The van der Waals surface area contributed by atoms with Crippen LogP contribution in [-0.4, -0.2) is 28.9 Å². The summed E-state index contributed by atoms with van der Waals surface area (Å²) in [5.41, 5.74) is 0.507. The van der Waals surface area contributed by atoms with Crippen molar-refractivity contribution < 1.29 is 4.79 Å². The molecule has 0 aromatic carbocycles. The molecule has 0 aliphatic heterocycles. The van der Waals surface area contributed by atoms with Crippen LogP contribution in [0.4, 0.5) is 0 Å². The number of nitrogens with zero attached hydrogens (tertiary/aromatic N) is 2. The molecule has 1 amide bonds. The monoisotopic (exact) mass is 286 g/mol. The summed E-state index contributed by atoms with van der Waals surface area (Å²) in [4.78, 5) is 18.0. The second-order valence-electron chi connectivity index (χ2n) is 4.71. The van der Waals surface area contributed by atoms with E-state index in [1.807, 2.05) is 7.05 Å². The normalized spacial score (nSPS) is 16.6. The Morgan fingerprint density at radius 1 is 1.22 bits per heavy atom. The van der Waals surface area contributed by atoms with E-state index in [4.69, 9.17) is 23.2 Å². The molecule has 1 aliphatic carbocycles. The second kappa shape index (κ2) is 5.89. The fraction of sp³-hybridized carbons (Fsp3) is 0.538. The Morgan fingerprint density at radius 3 is 2.33 bits per heavy atom. The van der Waals surface area contributed by atoms with E-state index in [-0.39, 0.29) is 16.2 Å². The van der Waals surface area contributed by atoms with Crippen LogP contribution < -0.4 is 0 Å². The Morgan fingerprint density at radius 2 is 1.78 bits per heavy atom. The van der Waals surface area contributed by atoms with Crippen molar-refractivity contribution >= 4 is 29.1 Å². The van der Waals surface area contributed by atoms with Crippen LogP contribution in [0.25, 0.3) is 0 Å². The van der Waals surface area contributed by atoms with Crippen LogP contribution in [0.1, 0.15) is 42.5 Å². The van der Waals surface area contributed by atoms with Gasteiger partial charge in [-0.3, -0.25) is 4.79 Å². The van der Waals surface area contributed by atoms with E-state index >= 15 is 0 Å². The van der Waals surface area contributed by atoms with Crippen LogP contribution in [0.2, 0.25) is 10.3 Å². The smallest absolute Gasteiger partial charge is 0.254 e. The van der Waals surface area contributed by atoms with Gasteiger partial charge in [0.25, 0.3) is 5.91 Å². The molecule has 1 fully saturated rings. The number of aromatic nitrogens is 1. The molecule has 0 spiro atoms. The molecule has 0 N–H and O–H groups in total. The highest BCUT2D eigenvalue weighted by Crippen LogP contribution is 2.24. The van der Waals surface area contributed by atoms with Gasteiger partial charge in [-0.1, -0.05) is 42.5 Å². The average Bonchev–Trinajstić information content (AvgIpc) is 2.37. The molecule has 18 heavy (non-hydrogen) atoms. The van der Waals surface area contributed by atoms with Crippen molar-refractivity contribution in [3.8, 4) is 0 Å². The largest absolute Gasteiger partial charge is 0.339 e. The third kappa shape index (κ3) is 3.15. The van der Waals surface area contributed by atoms with E-state index in [9.17, 15) is 4.79 Å². The standard InChI is InChI=1S/C13H16Cl2N2O/c1-17(10-5-3-2-4-6-10)13(18)9-7-11(14)16-12(15)8-9/h7-8,10H,2-6H2,1H3. The molecule has 5 heteroatoms. The van der Waals surface area contributed by atoms with E-state index in [0.717, 1.165) is 12.8 Å². The lowest BCUT2D eigenvalue weighted by atomic mass is 9.94. The molecular formula is C13H16Cl2N2O. The van der Waals surface area contributed by atoms with Gasteiger partial charge in [-0.05, 0) is 25.0 Å². The van der Waals surface area contributed by atoms with Crippen LogP contribution in [0.5, 0.6) is 0 Å². The van der Waals surface area contributed by atoms with Gasteiger partial charge in [0, 0.05) is 18.7 Å². The minimum Gasteiger partial charge on any atom is -0.339 e. The number of halogens is 2. The van der Waals surface area contributed by atoms with Crippen LogP contribution in [0.3, 0.4) is 0 Å². The zero-order chi connectivity index (χ0) is 13.1. The number of carbonyl (C=O) groups excluding carboxylic acids is 1. The van der Waals surface area contributed by atoms with Gasteiger partial charge in [-0.15, -0.1) is 0 Å². The highest BCUT2D eigenvalue weighted by Gasteiger charge is 2.23. The van der Waals surface area contributed by atoms with Gasteiger partial charge in [-0.2, -0.15) is 0 Å². The maximum absolute atomic E-state index is 12.3. The molecule has 0 atom stereocenters. The molecule has 3 nitrogen and oxygen atoms in total. The van der Waals surface area contributed by atoms with Gasteiger partial charge in [0.2, 0.25) is 0 Å². The van der Waals surface area contributed by atoms with Gasteiger partial charge in [0.1, 0.15) is 10.3 Å². The maximum atomic E-state index is 12.3. The summed E-state index contributed by atoms with van der Waals surface area (Å²) in [5.74, 6) is -0.0342. The molecule has 1 saturated carbocycles. The fourth-order valence-corrected chi connectivity index (χ4v) is 2.89. The quantitative estimate of drug-likeness (QED) is 0.775. The van der Waals surface area contributed by atoms with Crippen LogP contribution in [0, 0.1) is 0 Å². The van der Waals surface area contributed by atoms with Crippen molar-refractivity contribution in [3.63, 3.8) is 0 Å². The average molecular weight is 287 g/mol. The summed E-state index contributed by atoms with van der Waals surface area (Å²) in [6.45, 7) is 0. The second-order valence-corrected chi connectivity index (χ2v) is 5.48. The first-order valence-corrected chi connectivity index (χ1v) is 6.94. The molecule has 0 radical (unpaired) electrons. The van der Waals surface area contributed by atoms with Gasteiger partial charge >= 0.3 is 0 Å². The molecule has 1 aromatic heterocycles. The lowest BCUT2D eigenvalue weighted by Crippen LogP contribution is -2.38. The molecule has 1 aliphatic rings. The Bertz CT molecular complexity index is 424. The van der Waals surface area contributed by atoms with Gasteiger partial charge in [0.15, 0.2) is 0 Å². The number of carbonyl (C=O) groups is 1. The highest BCUT2D eigenvalue weighted by molar-refractivity contribution is 6.33. The Balaban J connectivity index is 2.14. The number of amides is 1. The fourth-order valence-electron chi connectivity index (χ4n) is 2.43. The first kappa shape index (κ1) is 13.6. The SMILES string of the molecule is CN(C(=O)c1cc(Cl)nc(Cl)c1)C1CCCCC1. The van der Waals surface area contributed by atoms with Crippen molar-refractivity contribution in [2.24, 2.45) is 0 Å². The van der Waals surface area contributed by atoms with Crippen LogP contribution in [-0.2, 0) is 0 Å². The minimum atomic E-state index is -0.0342. The third-order valence-corrected chi connectivity index (χ3v) is 3.84. The van der Waals surface area contributed by atoms with Gasteiger partial charge in [-0.25, -0.2) is 4.98 Å². The predicted octanol–water partition coefficient (Wildman–Crippen LogP) is 3.79. The number of hydrogen-bond acceptors (Lipinski definition) is 2. The molecule has 2 rings (SSSR count). The summed E-state index contributed by atoms with van der Waals surface area (Å²) >= 11 is 11.6. The summed E-state index contributed by atoms with van der Waals surface area (Å²) in [5, 5.41) is 0.505. The summed E-state index contributed by atoms with van der Waals surface area (Å²) in [6, 6.07) is 3.46. The Kier molecular flexibility index (Phi) is 4.46. The summed E-state index contributed by atoms with van der Waals surface area (Å²) in [7, 11) is 1.85. The molecule has 98 valence electrons. The molecular weight excluding hydrogens is 271 g/mol. The lowest BCUT2D eigenvalue weighted by molar-refractivity contribution is 0.0696. The maximum Gasteiger partial charge on any atom is 0.254 e. The molecule has 0 saturated heterocycles. The Hall–Kier alpha value is -0.800. The molecule has 0 bridgehead atoms. The lowest BCUT2D eigenvalue weighted by Gasteiger charge is -2.31. The minimum absolute atomic E-state index is 0.0342. The number of hydrogen-bond donors (Lipinski definition) is 0. The van der Waals surface area contributed by atoms with E-state index in [2.05, 4.69) is 4.98 Å². The van der Waals surface area contributed by atoms with Crippen LogP contribution in [0.15, 0.2) is 12.1 Å². The molecule has 1 aromatic rings. The summed E-state index contributed by atoms with van der Waals surface area (Å²) in [6.07, 6.45) is 5.81. The van der Waals surface area contributed by atoms with E-state index in [0.29, 0.717) is 11.6 Å². The van der Waals surface area contributed by atoms with Crippen molar-refractivity contribution in [1.29, 1.82) is 0 Å². The zero-order valence-electron chi connectivity index (χ0n) is 10.3.